The molecule has 15 heavy (non-hydrogen) atoms. The topological polar surface area (TPSA) is 4.93 Å². The summed E-state index contributed by atoms with van der Waals surface area (Å²) in [5, 5.41) is 0. The molecule has 0 radical (unpaired) electrons. The van der Waals surface area contributed by atoms with Gasteiger partial charge in [-0.15, -0.1) is 0 Å². The summed E-state index contributed by atoms with van der Waals surface area (Å²) in [6.45, 7) is 0. The van der Waals surface area contributed by atoms with Gasteiger partial charge in [0.2, 0.25) is 0 Å². The predicted octanol–water partition coefficient (Wildman–Crippen LogP) is 3.41. The van der Waals surface area contributed by atoms with Crippen molar-refractivity contribution in [1.82, 2.24) is 4.57 Å². The number of aromatic nitrogens is 1. The molecule has 0 spiro atoms. The minimum atomic E-state index is 0.540. The van der Waals surface area contributed by atoms with Crippen LogP contribution in [0.3, 0.4) is 0 Å². The molecule has 1 aromatic rings. The van der Waals surface area contributed by atoms with Crippen molar-refractivity contribution in [1.29, 1.82) is 0 Å². The second-order valence-electron chi connectivity index (χ2n) is 6.23. The molecule has 0 N–H and O–H groups in total. The molecular weight excluding hydrogens is 182 g/mol. The summed E-state index contributed by atoms with van der Waals surface area (Å²) < 4.78 is 2.54. The third-order valence-corrected chi connectivity index (χ3v) is 5.16. The molecule has 4 aliphatic carbocycles. The van der Waals surface area contributed by atoms with Crippen molar-refractivity contribution in [2.24, 2.45) is 17.8 Å². The van der Waals surface area contributed by atoms with Crippen LogP contribution in [0.1, 0.15) is 38.5 Å². The van der Waals surface area contributed by atoms with Crippen molar-refractivity contribution in [3.8, 4) is 0 Å². The number of hydrogen-bond donors (Lipinski definition) is 0. The highest BCUT2D eigenvalue weighted by molar-refractivity contribution is 5.08. The summed E-state index contributed by atoms with van der Waals surface area (Å²) in [5.41, 5.74) is 0.540. The molecule has 4 saturated carbocycles. The molecule has 0 amide bonds. The highest BCUT2D eigenvalue weighted by Crippen LogP contribution is 2.58. The average Bonchev–Trinajstić information content (AvgIpc) is 2.67. The molecule has 1 aromatic heterocycles. The van der Waals surface area contributed by atoms with Gasteiger partial charge < -0.3 is 4.57 Å². The Morgan fingerprint density at radius 2 is 1.27 bits per heavy atom. The molecule has 1 heterocycles. The van der Waals surface area contributed by atoms with Crippen molar-refractivity contribution in [2.45, 2.75) is 44.1 Å². The van der Waals surface area contributed by atoms with Crippen molar-refractivity contribution < 1.29 is 0 Å². The lowest BCUT2D eigenvalue weighted by Gasteiger charge is -2.57. The van der Waals surface area contributed by atoms with Crippen LogP contribution in [0.25, 0.3) is 0 Å². The summed E-state index contributed by atoms with van der Waals surface area (Å²) >= 11 is 0. The second kappa shape index (κ2) is 2.69. The van der Waals surface area contributed by atoms with Crippen LogP contribution < -0.4 is 0 Å². The summed E-state index contributed by atoms with van der Waals surface area (Å²) in [5.74, 6) is 3.16. The standard InChI is InChI=1S/C14H19N/c1-2-4-15(3-1)14-8-11-5-12(9-14)7-13(6-11)10-14/h1-4,11-13H,5-10H2. The van der Waals surface area contributed by atoms with Gasteiger partial charge in [-0.05, 0) is 68.4 Å². The van der Waals surface area contributed by atoms with Gasteiger partial charge >= 0.3 is 0 Å². The molecule has 0 atom stereocenters. The zero-order chi connectivity index (χ0) is 9.88. The Balaban J connectivity index is 1.77. The van der Waals surface area contributed by atoms with Crippen LogP contribution in [-0.4, -0.2) is 4.57 Å². The first kappa shape index (κ1) is 8.43. The van der Waals surface area contributed by atoms with E-state index in [1.165, 1.54) is 19.3 Å². The number of nitrogens with zero attached hydrogens (tertiary/aromatic N) is 1. The van der Waals surface area contributed by atoms with Crippen LogP contribution in [0.2, 0.25) is 0 Å². The first-order valence-corrected chi connectivity index (χ1v) is 6.47. The van der Waals surface area contributed by atoms with E-state index in [9.17, 15) is 0 Å². The normalized spacial score (nSPS) is 47.3. The van der Waals surface area contributed by atoms with Crippen LogP contribution >= 0.6 is 0 Å². The van der Waals surface area contributed by atoms with E-state index < -0.39 is 0 Å². The summed E-state index contributed by atoms with van der Waals surface area (Å²) in [4.78, 5) is 0. The summed E-state index contributed by atoms with van der Waals surface area (Å²) in [7, 11) is 0. The van der Waals surface area contributed by atoms with Crippen LogP contribution in [0, 0.1) is 17.8 Å². The second-order valence-corrected chi connectivity index (χ2v) is 6.23. The largest absolute Gasteiger partial charge is 0.348 e. The maximum Gasteiger partial charge on any atom is 0.0447 e. The van der Waals surface area contributed by atoms with E-state index in [1.54, 1.807) is 19.3 Å². The molecule has 1 nitrogen and oxygen atoms in total. The molecular formula is C14H19N. The molecule has 80 valence electrons. The quantitative estimate of drug-likeness (QED) is 0.656. The predicted molar refractivity (Wildman–Crippen MR) is 60.6 cm³/mol. The molecule has 4 fully saturated rings. The van der Waals surface area contributed by atoms with Gasteiger partial charge in [0.25, 0.3) is 0 Å². The van der Waals surface area contributed by atoms with Gasteiger partial charge in [0, 0.05) is 17.9 Å². The minimum Gasteiger partial charge on any atom is -0.348 e. The highest BCUT2D eigenvalue weighted by atomic mass is 15.1. The van der Waals surface area contributed by atoms with E-state index in [2.05, 4.69) is 29.1 Å². The Bertz CT molecular complexity index is 327. The Hall–Kier alpha value is -0.720. The van der Waals surface area contributed by atoms with E-state index in [0.29, 0.717) is 5.54 Å². The Morgan fingerprint density at radius 1 is 0.800 bits per heavy atom. The van der Waals surface area contributed by atoms with Gasteiger partial charge in [-0.2, -0.15) is 0 Å². The summed E-state index contributed by atoms with van der Waals surface area (Å²) in [6, 6.07) is 4.39. The first-order valence-electron chi connectivity index (χ1n) is 6.47. The SMILES string of the molecule is c1ccn(C23CC4CC(CC(C4)C2)C3)c1. The zero-order valence-corrected chi connectivity index (χ0v) is 9.23. The summed E-state index contributed by atoms with van der Waals surface area (Å²) in [6.07, 6.45) is 13.6. The van der Waals surface area contributed by atoms with E-state index in [-0.39, 0.29) is 0 Å². The van der Waals surface area contributed by atoms with Gasteiger partial charge in [0.15, 0.2) is 0 Å². The fourth-order valence-corrected chi connectivity index (χ4v) is 5.03. The molecule has 0 unspecified atom stereocenters. The van der Waals surface area contributed by atoms with E-state index >= 15 is 0 Å². The fraction of sp³-hybridized carbons (Fsp3) is 0.714. The Labute approximate surface area is 91.5 Å². The van der Waals surface area contributed by atoms with Gasteiger partial charge in [0.05, 0.1) is 0 Å². The third kappa shape index (κ3) is 1.10. The average molecular weight is 201 g/mol. The molecule has 0 aromatic carbocycles. The van der Waals surface area contributed by atoms with Crippen LogP contribution in [0.5, 0.6) is 0 Å². The molecule has 4 aliphatic rings. The maximum absolute atomic E-state index is 2.54. The molecule has 4 bridgehead atoms. The lowest BCUT2D eigenvalue weighted by Crippen LogP contribution is -2.51. The number of rotatable bonds is 1. The monoisotopic (exact) mass is 201 g/mol. The molecule has 0 aliphatic heterocycles. The van der Waals surface area contributed by atoms with E-state index in [4.69, 9.17) is 0 Å². The third-order valence-electron chi connectivity index (χ3n) is 5.16. The van der Waals surface area contributed by atoms with E-state index in [1.807, 2.05) is 0 Å². The maximum atomic E-state index is 2.54. The van der Waals surface area contributed by atoms with Gasteiger partial charge in [-0.25, -0.2) is 0 Å². The van der Waals surface area contributed by atoms with Crippen LogP contribution in [0.15, 0.2) is 24.5 Å². The van der Waals surface area contributed by atoms with Crippen molar-refractivity contribution in [2.75, 3.05) is 0 Å². The fourth-order valence-electron chi connectivity index (χ4n) is 5.03. The number of hydrogen-bond acceptors (Lipinski definition) is 0. The van der Waals surface area contributed by atoms with Gasteiger partial charge in [-0.1, -0.05) is 0 Å². The smallest absolute Gasteiger partial charge is 0.0447 e. The highest BCUT2D eigenvalue weighted by Gasteiger charge is 2.51. The van der Waals surface area contributed by atoms with Crippen molar-refractivity contribution in [3.63, 3.8) is 0 Å². The zero-order valence-electron chi connectivity index (χ0n) is 9.23. The molecule has 0 saturated heterocycles. The lowest BCUT2D eigenvalue weighted by atomic mass is 9.53. The Kier molecular flexibility index (Phi) is 1.51. The van der Waals surface area contributed by atoms with Crippen LogP contribution in [0.4, 0.5) is 0 Å². The van der Waals surface area contributed by atoms with Gasteiger partial charge in [-0.3, -0.25) is 0 Å². The van der Waals surface area contributed by atoms with E-state index in [0.717, 1.165) is 17.8 Å². The van der Waals surface area contributed by atoms with Crippen molar-refractivity contribution >= 4 is 0 Å². The lowest BCUT2D eigenvalue weighted by molar-refractivity contribution is -0.0429. The molecule has 5 rings (SSSR count). The first-order chi connectivity index (χ1) is 7.34. The van der Waals surface area contributed by atoms with Crippen LogP contribution in [-0.2, 0) is 5.54 Å². The Morgan fingerprint density at radius 3 is 1.73 bits per heavy atom. The van der Waals surface area contributed by atoms with Crippen molar-refractivity contribution in [3.05, 3.63) is 24.5 Å². The minimum absolute atomic E-state index is 0.540. The molecule has 1 heteroatoms. The van der Waals surface area contributed by atoms with Gasteiger partial charge in [0.1, 0.15) is 0 Å².